The summed E-state index contributed by atoms with van der Waals surface area (Å²) in [5.41, 5.74) is 3.78. The predicted molar refractivity (Wildman–Crippen MR) is 142 cm³/mol. The van der Waals surface area contributed by atoms with E-state index in [1.54, 1.807) is 0 Å². The van der Waals surface area contributed by atoms with Gasteiger partial charge in [0.05, 0.1) is 6.61 Å². The molecule has 0 spiro atoms. The number of rotatable bonds is 13. The maximum atomic E-state index is 12.3. The van der Waals surface area contributed by atoms with Crippen LogP contribution in [-0.4, -0.2) is 53.6 Å². The summed E-state index contributed by atoms with van der Waals surface area (Å²) in [6.45, 7) is 2.36. The molecule has 0 aliphatic carbocycles. The Morgan fingerprint density at radius 2 is 1.87 bits per heavy atom. The van der Waals surface area contributed by atoms with Gasteiger partial charge in [0.1, 0.15) is 11.5 Å². The molecule has 0 fully saturated rings. The molecule has 202 valence electrons. The first-order chi connectivity index (χ1) is 18.9. The third-order valence-electron chi connectivity index (χ3n) is 6.05. The molecular weight excluding hydrogens is 526 g/mol. The van der Waals surface area contributed by atoms with Crippen LogP contribution in [0.5, 0.6) is 0 Å². The molecule has 0 aliphatic heterocycles. The molecule has 0 saturated carbocycles. The smallest absolute Gasteiger partial charge is 0.294 e. The largest absolute Gasteiger partial charge is 0.320 e. The number of halogens is 1. The van der Waals surface area contributed by atoms with Gasteiger partial charge in [0, 0.05) is 24.9 Å². The molecule has 13 heteroatoms. The first-order valence-electron chi connectivity index (χ1n) is 12.4. The minimum Gasteiger partial charge on any atom is -0.320 e. The molecule has 39 heavy (non-hydrogen) atoms. The molecular formula is C26H26ClN7O5. The molecule has 2 aromatic heterocycles. The third kappa shape index (κ3) is 6.71. The highest BCUT2D eigenvalue weighted by atomic mass is 35.5. The van der Waals surface area contributed by atoms with E-state index in [0.717, 1.165) is 52.9 Å². The van der Waals surface area contributed by atoms with Crippen LogP contribution in [0.2, 0.25) is 5.15 Å². The van der Waals surface area contributed by atoms with Crippen LogP contribution < -0.4 is 0 Å². The predicted octanol–water partition coefficient (Wildman–Crippen LogP) is 4.69. The molecule has 2 aromatic carbocycles. The normalized spacial score (nSPS) is 10.9. The van der Waals surface area contributed by atoms with Crippen molar-refractivity contribution in [3.05, 3.63) is 80.9 Å². The molecule has 0 bridgehead atoms. The van der Waals surface area contributed by atoms with Gasteiger partial charge in [0.25, 0.3) is 11.0 Å². The lowest BCUT2D eigenvalue weighted by molar-refractivity contribution is -0.757. The number of carbonyl (C=O) groups excluding carboxylic acids is 2. The third-order valence-corrected chi connectivity index (χ3v) is 6.33. The van der Waals surface area contributed by atoms with Gasteiger partial charge in [-0.3, -0.25) is 9.59 Å². The van der Waals surface area contributed by atoms with E-state index < -0.39 is 11.0 Å². The zero-order valence-corrected chi connectivity index (χ0v) is 22.0. The first kappa shape index (κ1) is 27.6. The number of carbonyl (C=O) groups is 2. The Bertz CT molecular complexity index is 1470. The molecule has 0 aliphatic rings. The van der Waals surface area contributed by atoms with Crippen molar-refractivity contribution in [3.8, 4) is 22.5 Å². The monoisotopic (exact) mass is 551 g/mol. The van der Waals surface area contributed by atoms with E-state index >= 15 is 0 Å². The van der Waals surface area contributed by atoms with Gasteiger partial charge < -0.3 is 9.40 Å². The number of tetrazole rings is 1. The Balaban J connectivity index is 1.52. The zero-order valence-electron chi connectivity index (χ0n) is 21.2. The number of hydrogen-bond donors (Lipinski definition) is 0. The lowest BCUT2D eigenvalue weighted by atomic mass is 9.98. The van der Waals surface area contributed by atoms with Gasteiger partial charge in [-0.05, 0) is 34.7 Å². The van der Waals surface area contributed by atoms with Crippen LogP contribution >= 0.6 is 11.6 Å². The summed E-state index contributed by atoms with van der Waals surface area (Å²) in [5, 5.41) is 21.7. The van der Waals surface area contributed by atoms with Crippen LogP contribution in [0.4, 0.5) is 0 Å². The molecule has 12 nitrogen and oxygen atoms in total. The van der Waals surface area contributed by atoms with E-state index in [1.807, 2.05) is 53.1 Å². The Hall–Kier alpha value is -4.45. The summed E-state index contributed by atoms with van der Waals surface area (Å²) in [7, 11) is 0. The standard InChI is InChI=1S/C26H26ClN7O5/c1-2-3-9-23-28-25(27)22(17-35)32(23)16-18-11-13-19(14-12-18)20-7-4-5-8-21(20)26-29-31-33(30-26)24(36)10-6-15-39-34(37)38/h4-5,7-8,11-14,17H,2-3,6,9-10,15-16H2,1H3. The van der Waals surface area contributed by atoms with E-state index in [9.17, 15) is 19.7 Å². The van der Waals surface area contributed by atoms with Crippen molar-refractivity contribution in [1.29, 1.82) is 0 Å². The minimum absolute atomic E-state index is 0.0269. The van der Waals surface area contributed by atoms with E-state index in [2.05, 4.69) is 32.2 Å². The Kier molecular flexibility index (Phi) is 9.10. The van der Waals surface area contributed by atoms with Crippen LogP contribution in [0.25, 0.3) is 22.5 Å². The van der Waals surface area contributed by atoms with Crippen LogP contribution in [-0.2, 0) is 17.8 Å². The molecule has 0 amide bonds. The highest BCUT2D eigenvalue weighted by molar-refractivity contribution is 6.31. The number of imidazole rings is 1. The van der Waals surface area contributed by atoms with Gasteiger partial charge in [0.2, 0.25) is 5.82 Å². The fourth-order valence-corrected chi connectivity index (χ4v) is 4.33. The summed E-state index contributed by atoms with van der Waals surface area (Å²) in [6.07, 6.45) is 3.55. The number of aromatic nitrogens is 6. The van der Waals surface area contributed by atoms with Crippen LogP contribution in [0.1, 0.15) is 59.3 Å². The number of aldehydes is 1. The van der Waals surface area contributed by atoms with Crippen LogP contribution in [0.15, 0.2) is 48.5 Å². The zero-order chi connectivity index (χ0) is 27.8. The molecule has 4 rings (SSSR count). The second-order valence-electron chi connectivity index (χ2n) is 8.71. The molecule has 0 saturated heterocycles. The number of aryl methyl sites for hydroxylation is 1. The molecule has 4 aromatic rings. The van der Waals surface area contributed by atoms with Crippen LogP contribution in [0, 0.1) is 10.1 Å². The SMILES string of the molecule is CCCCc1nc(Cl)c(C=O)n1Cc1ccc(-c2ccccc2-c2nnn(C(=O)CCCO[N+](=O)[O-])n2)cc1. The van der Waals surface area contributed by atoms with Crippen molar-refractivity contribution in [2.75, 3.05) is 6.61 Å². The lowest BCUT2D eigenvalue weighted by Gasteiger charge is -2.11. The molecule has 0 unspecified atom stereocenters. The summed E-state index contributed by atoms with van der Waals surface area (Å²) in [5.74, 6) is 0.608. The van der Waals surface area contributed by atoms with Gasteiger partial charge in [-0.2, -0.15) is 0 Å². The van der Waals surface area contributed by atoms with Crippen molar-refractivity contribution in [2.24, 2.45) is 0 Å². The quantitative estimate of drug-likeness (QED) is 0.0998. The van der Waals surface area contributed by atoms with E-state index in [-0.39, 0.29) is 30.4 Å². The highest BCUT2D eigenvalue weighted by Gasteiger charge is 2.17. The maximum Gasteiger partial charge on any atom is 0.294 e. The molecule has 0 N–H and O–H groups in total. The van der Waals surface area contributed by atoms with Gasteiger partial charge in [-0.15, -0.1) is 20.3 Å². The van der Waals surface area contributed by atoms with Gasteiger partial charge in [-0.1, -0.05) is 78.3 Å². The molecule has 0 radical (unpaired) electrons. The molecule has 0 atom stereocenters. The van der Waals surface area contributed by atoms with Crippen molar-refractivity contribution in [1.82, 2.24) is 29.8 Å². The topological polar surface area (TPSA) is 148 Å². The lowest BCUT2D eigenvalue weighted by Crippen LogP contribution is -2.15. The van der Waals surface area contributed by atoms with Crippen molar-refractivity contribution >= 4 is 23.8 Å². The summed E-state index contributed by atoms with van der Waals surface area (Å²) in [6, 6.07) is 15.4. The maximum absolute atomic E-state index is 12.3. The van der Waals surface area contributed by atoms with Gasteiger partial charge in [-0.25, -0.2) is 4.98 Å². The number of nitrogens with zero attached hydrogens (tertiary/aromatic N) is 7. The fourth-order valence-electron chi connectivity index (χ4n) is 4.09. The van der Waals surface area contributed by atoms with Crippen molar-refractivity contribution in [2.45, 2.75) is 45.6 Å². The number of hydrogen-bond acceptors (Lipinski definition) is 9. The fraction of sp³-hybridized carbons (Fsp3) is 0.308. The van der Waals surface area contributed by atoms with Crippen molar-refractivity contribution in [3.63, 3.8) is 0 Å². The second-order valence-corrected chi connectivity index (χ2v) is 9.07. The number of unbranched alkanes of at least 4 members (excludes halogenated alkanes) is 1. The van der Waals surface area contributed by atoms with Gasteiger partial charge >= 0.3 is 0 Å². The Morgan fingerprint density at radius 1 is 1.13 bits per heavy atom. The van der Waals surface area contributed by atoms with Crippen molar-refractivity contribution < 1.29 is 19.5 Å². The van der Waals surface area contributed by atoms with E-state index in [4.69, 9.17) is 11.6 Å². The van der Waals surface area contributed by atoms with E-state index in [1.165, 1.54) is 0 Å². The average molecular weight is 552 g/mol. The summed E-state index contributed by atoms with van der Waals surface area (Å²) in [4.78, 5) is 43.7. The Labute approximate surface area is 228 Å². The average Bonchev–Trinajstić information content (AvgIpc) is 3.55. The van der Waals surface area contributed by atoms with Crippen LogP contribution in [0.3, 0.4) is 0 Å². The van der Waals surface area contributed by atoms with Gasteiger partial charge in [0.15, 0.2) is 11.4 Å². The highest BCUT2D eigenvalue weighted by Crippen LogP contribution is 2.30. The summed E-state index contributed by atoms with van der Waals surface area (Å²) >= 11 is 6.21. The Morgan fingerprint density at radius 3 is 2.56 bits per heavy atom. The first-order valence-corrected chi connectivity index (χ1v) is 12.8. The second kappa shape index (κ2) is 12.9. The summed E-state index contributed by atoms with van der Waals surface area (Å²) < 4.78 is 1.86. The van der Waals surface area contributed by atoms with E-state index in [0.29, 0.717) is 17.8 Å². The minimum atomic E-state index is -0.902. The number of benzene rings is 2. The molecule has 2 heterocycles.